The van der Waals surface area contributed by atoms with Gasteiger partial charge in [0.1, 0.15) is 17.9 Å². The van der Waals surface area contributed by atoms with Crippen molar-refractivity contribution in [1.29, 1.82) is 0 Å². The first-order chi connectivity index (χ1) is 9.99. The zero-order valence-corrected chi connectivity index (χ0v) is 12.7. The summed E-state index contributed by atoms with van der Waals surface area (Å²) >= 11 is 0. The molecule has 7 heteroatoms. The monoisotopic (exact) mass is 304 g/mol. The van der Waals surface area contributed by atoms with E-state index in [2.05, 4.69) is 5.32 Å². The van der Waals surface area contributed by atoms with Crippen LogP contribution < -0.4 is 15.8 Å². The predicted octanol–water partition coefficient (Wildman–Crippen LogP) is 3.16. The number of hydrogen-bond donors (Lipinski definition) is 2. The predicted molar refractivity (Wildman–Crippen MR) is 79.2 cm³/mol. The van der Waals surface area contributed by atoms with Crippen molar-refractivity contribution < 1.29 is 23.0 Å². The van der Waals surface area contributed by atoms with Gasteiger partial charge in [-0.2, -0.15) is 0 Å². The number of ether oxygens (including phenoxy) is 2. The first-order valence-electron chi connectivity index (χ1n) is 6.68. The smallest absolute Gasteiger partial charge is 0.341 e. The van der Waals surface area contributed by atoms with E-state index in [-0.39, 0.29) is 17.9 Å². The minimum Gasteiger partial charge on any atom is -0.487 e. The molecule has 0 amide bonds. The van der Waals surface area contributed by atoms with E-state index < -0.39 is 19.0 Å². The summed E-state index contributed by atoms with van der Waals surface area (Å²) in [5, 5.41) is 2.78. The summed E-state index contributed by atoms with van der Waals surface area (Å²) in [4.78, 5) is 11.7. The van der Waals surface area contributed by atoms with Crippen LogP contribution in [0.4, 0.5) is 20.2 Å². The quantitative estimate of drug-likeness (QED) is 0.624. The number of carbonyl (C=O) groups is 1. The Labute approximate surface area is 123 Å². The third-order valence-electron chi connectivity index (χ3n) is 2.28. The lowest BCUT2D eigenvalue weighted by Gasteiger charge is -2.14. The lowest BCUT2D eigenvalue weighted by molar-refractivity contribution is 0.0508. The molecule has 0 aliphatic rings. The molecule has 1 aromatic carbocycles. The van der Waals surface area contributed by atoms with Crippen LogP contribution in [-0.4, -0.2) is 32.7 Å². The molecule has 0 bridgehead atoms. The summed E-state index contributed by atoms with van der Waals surface area (Å²) in [5.74, 6) is -0.654. The molecule has 21 heavy (non-hydrogen) atoms. The molecular weight excluding hydrogens is 282 g/mol. The van der Waals surface area contributed by atoms with E-state index in [0.29, 0.717) is 11.4 Å². The van der Waals surface area contributed by atoms with Crippen molar-refractivity contribution in [3.63, 3.8) is 0 Å². The second kappa shape index (κ2) is 9.79. The number of esters is 1. The summed E-state index contributed by atoms with van der Waals surface area (Å²) in [6.45, 7) is 5.00. The fraction of sp³-hybridized carbons (Fsp3) is 0.500. The summed E-state index contributed by atoms with van der Waals surface area (Å²) < 4.78 is 34.1. The fourth-order valence-electron chi connectivity index (χ4n) is 1.45. The Kier molecular flexibility index (Phi) is 8.84. The van der Waals surface area contributed by atoms with Crippen molar-refractivity contribution in [2.24, 2.45) is 0 Å². The van der Waals surface area contributed by atoms with Crippen LogP contribution in [0.25, 0.3) is 0 Å². The van der Waals surface area contributed by atoms with Gasteiger partial charge >= 0.3 is 5.97 Å². The maximum Gasteiger partial charge on any atom is 0.341 e. The Morgan fingerprint density at radius 2 is 2.00 bits per heavy atom. The molecule has 1 aromatic rings. The highest BCUT2D eigenvalue weighted by molar-refractivity contribution is 5.95. The van der Waals surface area contributed by atoms with Crippen molar-refractivity contribution in [1.82, 2.24) is 0 Å². The van der Waals surface area contributed by atoms with Gasteiger partial charge in [0.25, 0.3) is 6.43 Å². The number of halogens is 2. The number of hydrogen-bond acceptors (Lipinski definition) is 5. The molecule has 0 saturated heterocycles. The number of anilines is 2. The average molecular weight is 304 g/mol. The van der Waals surface area contributed by atoms with Gasteiger partial charge in [-0.25, -0.2) is 13.6 Å². The summed E-state index contributed by atoms with van der Waals surface area (Å²) in [6, 6.07) is 2.73. The highest BCUT2D eigenvalue weighted by Gasteiger charge is 2.18. The molecule has 3 N–H and O–H groups in total. The Balaban J connectivity index is 0.00000191. The maximum absolute atomic E-state index is 12.2. The molecule has 1 rings (SSSR count). The lowest BCUT2D eigenvalue weighted by Crippen LogP contribution is -2.13. The van der Waals surface area contributed by atoms with Crippen LogP contribution in [0.3, 0.4) is 0 Å². The van der Waals surface area contributed by atoms with Crippen LogP contribution in [0, 0.1) is 0 Å². The number of rotatable bonds is 6. The molecule has 0 fully saturated rings. The van der Waals surface area contributed by atoms with Gasteiger partial charge in [-0.1, -0.05) is 13.8 Å². The van der Waals surface area contributed by atoms with E-state index in [4.69, 9.17) is 15.2 Å². The van der Waals surface area contributed by atoms with E-state index >= 15 is 0 Å². The number of alkyl halides is 2. The molecule has 0 atom stereocenters. The van der Waals surface area contributed by atoms with Gasteiger partial charge in [-0.05, 0) is 13.0 Å². The molecule has 120 valence electrons. The zero-order chi connectivity index (χ0) is 16.4. The molecule has 0 aliphatic carbocycles. The Morgan fingerprint density at radius 1 is 1.38 bits per heavy atom. The molecule has 0 aliphatic heterocycles. The van der Waals surface area contributed by atoms with Crippen LogP contribution in [0.15, 0.2) is 12.1 Å². The standard InChI is InChI=1S/C12H16F2N2O3.C2H6/c1-3-18-12(17)7-4-8(15)9(16-2)5-10(7)19-6-11(13)14;1-2/h4-5,11,16H,3,6,15H2,1-2H3;1-2H3. The van der Waals surface area contributed by atoms with Gasteiger partial charge in [-0.3, -0.25) is 0 Å². The third-order valence-corrected chi connectivity index (χ3v) is 2.28. The van der Waals surface area contributed by atoms with Gasteiger partial charge in [0, 0.05) is 13.1 Å². The highest BCUT2D eigenvalue weighted by Crippen LogP contribution is 2.30. The van der Waals surface area contributed by atoms with Crippen LogP contribution >= 0.6 is 0 Å². The maximum atomic E-state index is 12.2. The molecule has 5 nitrogen and oxygen atoms in total. The second-order valence-electron chi connectivity index (χ2n) is 3.61. The van der Waals surface area contributed by atoms with Gasteiger partial charge in [0.05, 0.1) is 18.0 Å². The third kappa shape index (κ3) is 5.85. The van der Waals surface area contributed by atoms with Gasteiger partial charge in [0.2, 0.25) is 0 Å². The number of nitrogen functional groups attached to an aromatic ring is 1. The van der Waals surface area contributed by atoms with E-state index in [1.807, 2.05) is 13.8 Å². The first kappa shape index (κ1) is 18.9. The van der Waals surface area contributed by atoms with Crippen molar-refractivity contribution in [2.45, 2.75) is 27.2 Å². The van der Waals surface area contributed by atoms with E-state index in [1.165, 1.54) is 12.1 Å². The molecule has 0 spiro atoms. The first-order valence-corrected chi connectivity index (χ1v) is 6.68. The summed E-state index contributed by atoms with van der Waals surface area (Å²) in [7, 11) is 1.62. The van der Waals surface area contributed by atoms with Gasteiger partial charge in [0.15, 0.2) is 0 Å². The van der Waals surface area contributed by atoms with Crippen LogP contribution in [0.1, 0.15) is 31.1 Å². The van der Waals surface area contributed by atoms with Crippen LogP contribution in [0.5, 0.6) is 5.75 Å². The van der Waals surface area contributed by atoms with E-state index in [1.54, 1.807) is 14.0 Å². The fourth-order valence-corrected chi connectivity index (χ4v) is 1.45. The second-order valence-corrected chi connectivity index (χ2v) is 3.61. The number of benzene rings is 1. The Morgan fingerprint density at radius 3 is 2.48 bits per heavy atom. The number of carbonyl (C=O) groups excluding carboxylic acids is 1. The van der Waals surface area contributed by atoms with E-state index in [9.17, 15) is 13.6 Å². The zero-order valence-electron chi connectivity index (χ0n) is 12.7. The molecule has 0 aromatic heterocycles. The van der Waals surface area contributed by atoms with Crippen molar-refractivity contribution in [3.8, 4) is 5.75 Å². The van der Waals surface area contributed by atoms with Crippen molar-refractivity contribution >= 4 is 17.3 Å². The van der Waals surface area contributed by atoms with Crippen molar-refractivity contribution in [2.75, 3.05) is 31.3 Å². The van der Waals surface area contributed by atoms with Crippen LogP contribution in [-0.2, 0) is 4.74 Å². The summed E-state index contributed by atoms with van der Waals surface area (Å²) in [5.41, 5.74) is 6.53. The minimum atomic E-state index is -2.63. The minimum absolute atomic E-state index is 0.0114. The molecular formula is C14H22F2N2O3. The highest BCUT2D eigenvalue weighted by atomic mass is 19.3. The Bertz CT molecular complexity index is 454. The largest absolute Gasteiger partial charge is 0.487 e. The SMILES string of the molecule is CC.CCOC(=O)c1cc(N)c(NC)cc1OCC(F)F. The van der Waals surface area contributed by atoms with Gasteiger partial charge in [-0.15, -0.1) is 0 Å². The van der Waals surface area contributed by atoms with Crippen LogP contribution in [0.2, 0.25) is 0 Å². The number of nitrogens with two attached hydrogens (primary N) is 1. The van der Waals surface area contributed by atoms with Gasteiger partial charge < -0.3 is 20.5 Å². The topological polar surface area (TPSA) is 73.6 Å². The van der Waals surface area contributed by atoms with Crippen molar-refractivity contribution in [3.05, 3.63) is 17.7 Å². The molecule has 0 saturated carbocycles. The average Bonchev–Trinajstić information content (AvgIpc) is 2.47. The molecule has 0 heterocycles. The number of nitrogens with one attached hydrogen (secondary N) is 1. The molecule has 0 unspecified atom stereocenters. The van der Waals surface area contributed by atoms with E-state index in [0.717, 1.165) is 0 Å². The summed E-state index contributed by atoms with van der Waals surface area (Å²) in [6.07, 6.45) is -2.63. The lowest BCUT2D eigenvalue weighted by atomic mass is 10.1. The Hall–Kier alpha value is -2.05. The normalized spacial score (nSPS) is 9.67. The molecule has 0 radical (unpaired) electrons.